The third-order valence-electron chi connectivity index (χ3n) is 3.90. The monoisotopic (exact) mass is 386 g/mol. The lowest BCUT2D eigenvalue weighted by molar-refractivity contribution is -0.138. The normalized spacial score (nSPS) is 11.6. The van der Waals surface area contributed by atoms with Gasteiger partial charge < -0.3 is 10.1 Å². The first-order valence-corrected chi connectivity index (χ1v) is 8.11. The molecule has 0 aliphatic heterocycles. The first kappa shape index (κ1) is 17.7. The van der Waals surface area contributed by atoms with E-state index in [1.807, 2.05) is 0 Å². The third kappa shape index (κ3) is 3.43. The number of benzene rings is 1. The minimum atomic E-state index is -4.60. The van der Waals surface area contributed by atoms with Crippen LogP contribution in [0.5, 0.6) is 11.6 Å². The molecular weight excluding hydrogens is 373 g/mol. The van der Waals surface area contributed by atoms with Crippen LogP contribution in [0.3, 0.4) is 0 Å². The summed E-state index contributed by atoms with van der Waals surface area (Å²) in [6.45, 7) is 0. The standard InChI is InChI=1S/C18H13F3N6O/c1-27-8-6-15(26-27)25-16-11-9-22-10-24-13(11)4-5-14(16)28-17-12(18(19,20)21)3-2-7-23-17/h2-10H,1H3,(H,25,26). The molecule has 3 heterocycles. The van der Waals surface area contributed by atoms with Crippen molar-refractivity contribution in [3.63, 3.8) is 0 Å². The van der Waals surface area contributed by atoms with Gasteiger partial charge in [-0.2, -0.15) is 18.3 Å². The molecule has 7 nitrogen and oxygen atoms in total. The van der Waals surface area contributed by atoms with Gasteiger partial charge in [-0.15, -0.1) is 0 Å². The zero-order valence-electron chi connectivity index (χ0n) is 14.5. The molecule has 3 aromatic heterocycles. The smallest absolute Gasteiger partial charge is 0.421 e. The molecule has 0 saturated carbocycles. The minimum absolute atomic E-state index is 0.136. The van der Waals surface area contributed by atoms with Gasteiger partial charge in [0.2, 0.25) is 5.88 Å². The third-order valence-corrected chi connectivity index (χ3v) is 3.90. The number of hydrogen-bond acceptors (Lipinski definition) is 6. The van der Waals surface area contributed by atoms with Gasteiger partial charge in [0.15, 0.2) is 11.6 Å². The van der Waals surface area contributed by atoms with Gasteiger partial charge in [0.05, 0.1) is 11.2 Å². The molecule has 0 unspecified atom stereocenters. The highest BCUT2D eigenvalue weighted by Crippen LogP contribution is 2.40. The van der Waals surface area contributed by atoms with E-state index in [9.17, 15) is 13.2 Å². The van der Waals surface area contributed by atoms with Crippen LogP contribution in [0.2, 0.25) is 0 Å². The molecule has 28 heavy (non-hydrogen) atoms. The molecule has 0 aliphatic rings. The molecule has 142 valence electrons. The highest BCUT2D eigenvalue weighted by atomic mass is 19.4. The van der Waals surface area contributed by atoms with E-state index in [1.165, 1.54) is 24.7 Å². The Morgan fingerprint density at radius 1 is 1.11 bits per heavy atom. The summed E-state index contributed by atoms with van der Waals surface area (Å²) in [7, 11) is 1.75. The van der Waals surface area contributed by atoms with E-state index < -0.39 is 17.6 Å². The van der Waals surface area contributed by atoms with Crippen molar-refractivity contribution in [1.82, 2.24) is 24.7 Å². The first-order chi connectivity index (χ1) is 13.4. The Labute approximate surface area is 156 Å². The predicted octanol–water partition coefficient (Wildman–Crippen LogP) is 4.31. The summed E-state index contributed by atoms with van der Waals surface area (Å²) < 4.78 is 47.0. The summed E-state index contributed by atoms with van der Waals surface area (Å²) in [6.07, 6.45) is 1.29. The van der Waals surface area contributed by atoms with E-state index in [0.717, 1.165) is 6.07 Å². The van der Waals surface area contributed by atoms with Crippen molar-refractivity contribution in [1.29, 1.82) is 0 Å². The maximum absolute atomic E-state index is 13.3. The number of rotatable bonds is 4. The van der Waals surface area contributed by atoms with E-state index >= 15 is 0 Å². The molecule has 10 heteroatoms. The van der Waals surface area contributed by atoms with E-state index in [-0.39, 0.29) is 5.75 Å². The minimum Gasteiger partial charge on any atom is -0.436 e. The van der Waals surface area contributed by atoms with E-state index in [4.69, 9.17) is 4.74 Å². The molecule has 4 rings (SSSR count). The summed E-state index contributed by atoms with van der Waals surface area (Å²) in [5.74, 6) is 0.0770. The van der Waals surface area contributed by atoms with Gasteiger partial charge in [0, 0.05) is 37.1 Å². The number of hydrogen-bond donors (Lipinski definition) is 1. The summed E-state index contributed by atoms with van der Waals surface area (Å²) in [5, 5.41) is 7.87. The van der Waals surface area contributed by atoms with Gasteiger partial charge in [-0.3, -0.25) is 4.68 Å². The average molecular weight is 386 g/mol. The van der Waals surface area contributed by atoms with Gasteiger partial charge in [0.1, 0.15) is 11.9 Å². The highest BCUT2D eigenvalue weighted by molar-refractivity contribution is 5.95. The molecule has 0 radical (unpaired) electrons. The van der Waals surface area contributed by atoms with Gasteiger partial charge in [-0.1, -0.05) is 0 Å². The number of aromatic nitrogens is 5. The zero-order valence-corrected chi connectivity index (χ0v) is 14.5. The molecule has 4 aromatic rings. The van der Waals surface area contributed by atoms with E-state index in [0.29, 0.717) is 22.4 Å². The fourth-order valence-electron chi connectivity index (χ4n) is 2.65. The number of ether oxygens (including phenoxy) is 1. The number of pyridine rings is 1. The van der Waals surface area contributed by atoms with Crippen molar-refractivity contribution in [2.24, 2.45) is 7.05 Å². The molecule has 0 saturated heterocycles. The summed E-state index contributed by atoms with van der Waals surface area (Å²) in [5.41, 5.74) is 0.0108. The van der Waals surface area contributed by atoms with Crippen LogP contribution in [0.25, 0.3) is 10.9 Å². The van der Waals surface area contributed by atoms with Crippen LogP contribution in [0.15, 0.2) is 55.2 Å². The van der Waals surface area contributed by atoms with Gasteiger partial charge >= 0.3 is 6.18 Å². The molecule has 0 bridgehead atoms. The lowest BCUT2D eigenvalue weighted by atomic mass is 10.2. The fourth-order valence-corrected chi connectivity index (χ4v) is 2.65. The summed E-state index contributed by atoms with van der Waals surface area (Å²) >= 11 is 0. The average Bonchev–Trinajstić information content (AvgIpc) is 3.08. The molecule has 0 aliphatic carbocycles. The van der Waals surface area contributed by atoms with Crippen LogP contribution in [-0.2, 0) is 13.2 Å². The SMILES string of the molecule is Cn1ccc(Nc2c(Oc3ncccc3C(F)(F)F)ccc3ncncc23)n1. The molecule has 0 amide bonds. The molecule has 0 fully saturated rings. The second-order valence-electron chi connectivity index (χ2n) is 5.85. The number of nitrogens with one attached hydrogen (secondary N) is 1. The van der Waals surface area contributed by atoms with Crippen molar-refractivity contribution < 1.29 is 17.9 Å². The van der Waals surface area contributed by atoms with E-state index in [2.05, 4.69) is 25.4 Å². The topological polar surface area (TPSA) is 77.8 Å². The number of anilines is 2. The molecule has 1 aromatic carbocycles. The Kier molecular flexibility index (Phi) is 4.30. The number of alkyl halides is 3. The van der Waals surface area contributed by atoms with Crippen molar-refractivity contribution in [2.75, 3.05) is 5.32 Å². The van der Waals surface area contributed by atoms with Crippen molar-refractivity contribution in [2.45, 2.75) is 6.18 Å². The second kappa shape index (κ2) is 6.80. The van der Waals surface area contributed by atoms with Crippen LogP contribution in [0, 0.1) is 0 Å². The molecular formula is C18H13F3N6O. The van der Waals surface area contributed by atoms with Crippen molar-refractivity contribution in [3.05, 3.63) is 60.8 Å². The van der Waals surface area contributed by atoms with Gasteiger partial charge in [0.25, 0.3) is 0 Å². The Hall–Kier alpha value is -3.69. The van der Waals surface area contributed by atoms with E-state index in [1.54, 1.807) is 36.3 Å². The van der Waals surface area contributed by atoms with Gasteiger partial charge in [-0.25, -0.2) is 15.0 Å². The molecule has 0 atom stereocenters. The van der Waals surface area contributed by atoms with Crippen LogP contribution >= 0.6 is 0 Å². The Morgan fingerprint density at radius 2 is 1.96 bits per heavy atom. The van der Waals surface area contributed by atoms with Crippen molar-refractivity contribution in [3.8, 4) is 11.6 Å². The fraction of sp³-hybridized carbons (Fsp3) is 0.111. The lowest BCUT2D eigenvalue weighted by Gasteiger charge is -2.16. The van der Waals surface area contributed by atoms with Crippen LogP contribution < -0.4 is 10.1 Å². The Bertz CT molecular complexity index is 1140. The maximum Gasteiger partial charge on any atom is 0.421 e. The lowest BCUT2D eigenvalue weighted by Crippen LogP contribution is -2.08. The largest absolute Gasteiger partial charge is 0.436 e. The number of fused-ring (bicyclic) bond motifs is 1. The highest BCUT2D eigenvalue weighted by Gasteiger charge is 2.35. The number of aryl methyl sites for hydroxylation is 1. The summed E-state index contributed by atoms with van der Waals surface area (Å²) in [4.78, 5) is 11.9. The number of nitrogens with zero attached hydrogens (tertiary/aromatic N) is 5. The predicted molar refractivity (Wildman–Crippen MR) is 95.3 cm³/mol. The van der Waals surface area contributed by atoms with Gasteiger partial charge in [-0.05, 0) is 24.3 Å². The van der Waals surface area contributed by atoms with Crippen LogP contribution in [-0.4, -0.2) is 24.7 Å². The van der Waals surface area contributed by atoms with Crippen LogP contribution in [0.1, 0.15) is 5.56 Å². The quantitative estimate of drug-likeness (QED) is 0.563. The molecule has 1 N–H and O–H groups in total. The number of halogens is 3. The Balaban J connectivity index is 1.82. The molecule has 0 spiro atoms. The summed E-state index contributed by atoms with van der Waals surface area (Å²) in [6, 6.07) is 6.99. The maximum atomic E-state index is 13.3. The zero-order chi connectivity index (χ0) is 19.7. The Morgan fingerprint density at radius 3 is 2.71 bits per heavy atom. The second-order valence-corrected chi connectivity index (χ2v) is 5.85. The first-order valence-electron chi connectivity index (χ1n) is 8.11. The van der Waals surface area contributed by atoms with Crippen molar-refractivity contribution >= 4 is 22.4 Å². The van der Waals surface area contributed by atoms with Crippen LogP contribution in [0.4, 0.5) is 24.7 Å².